The number of rotatable bonds is 6. The molecule has 0 aliphatic heterocycles. The van der Waals surface area contributed by atoms with Gasteiger partial charge in [-0.15, -0.1) is 0 Å². The Labute approximate surface area is 130 Å². The summed E-state index contributed by atoms with van der Waals surface area (Å²) >= 11 is 0. The Morgan fingerprint density at radius 2 is 1.45 bits per heavy atom. The molecular formula is C16H17N3O2S. The van der Waals surface area contributed by atoms with Gasteiger partial charge >= 0.3 is 0 Å². The number of hydrogen-bond acceptors (Lipinski definition) is 4. The van der Waals surface area contributed by atoms with Gasteiger partial charge in [-0.3, -0.25) is 4.72 Å². The van der Waals surface area contributed by atoms with Crippen molar-refractivity contribution >= 4 is 27.1 Å². The van der Waals surface area contributed by atoms with Crippen LogP contribution < -0.4 is 10.0 Å². The minimum absolute atomic E-state index is 0.109. The Morgan fingerprint density at radius 1 is 0.955 bits per heavy atom. The lowest BCUT2D eigenvalue weighted by atomic mass is 10.2. The van der Waals surface area contributed by atoms with Crippen LogP contribution in [0.3, 0.4) is 0 Å². The molecule has 0 spiro atoms. The molecule has 0 atom stereocenters. The quantitative estimate of drug-likeness (QED) is 0.855. The van der Waals surface area contributed by atoms with Gasteiger partial charge in [0.1, 0.15) is 0 Å². The summed E-state index contributed by atoms with van der Waals surface area (Å²) in [4.78, 5) is 0. The maximum absolute atomic E-state index is 11.7. The largest absolute Gasteiger partial charge is 0.356 e. The third-order valence-electron chi connectivity index (χ3n) is 2.93. The van der Waals surface area contributed by atoms with Crippen LogP contribution in [0, 0.1) is 11.3 Å². The van der Waals surface area contributed by atoms with E-state index in [9.17, 15) is 8.42 Å². The number of sulfonamides is 1. The molecule has 22 heavy (non-hydrogen) atoms. The average molecular weight is 315 g/mol. The molecule has 0 saturated heterocycles. The summed E-state index contributed by atoms with van der Waals surface area (Å²) < 4.78 is 25.9. The van der Waals surface area contributed by atoms with Gasteiger partial charge in [0.25, 0.3) is 0 Å². The minimum atomic E-state index is -3.27. The predicted molar refractivity (Wildman–Crippen MR) is 88.6 cm³/mol. The molecule has 2 aromatic rings. The fourth-order valence-corrected chi connectivity index (χ4v) is 3.05. The molecule has 6 heteroatoms. The lowest BCUT2D eigenvalue weighted by Crippen LogP contribution is -2.15. The maximum atomic E-state index is 11.7. The van der Waals surface area contributed by atoms with Crippen molar-refractivity contribution in [3.8, 4) is 6.07 Å². The normalized spacial score (nSPS) is 10.7. The summed E-state index contributed by atoms with van der Waals surface area (Å²) in [7, 11) is -3.27. The number of nitrogens with one attached hydrogen (secondary N) is 2. The van der Waals surface area contributed by atoms with E-state index < -0.39 is 10.0 Å². The van der Waals surface area contributed by atoms with Crippen LogP contribution >= 0.6 is 0 Å². The molecule has 0 aromatic heterocycles. The molecule has 114 valence electrons. The van der Waals surface area contributed by atoms with Crippen LogP contribution in [0.5, 0.6) is 0 Å². The fourth-order valence-electron chi connectivity index (χ4n) is 1.92. The second-order valence-corrected chi connectivity index (χ2v) is 6.65. The van der Waals surface area contributed by atoms with Gasteiger partial charge in [0, 0.05) is 17.1 Å². The maximum Gasteiger partial charge on any atom is 0.232 e. The summed E-state index contributed by atoms with van der Waals surface area (Å²) in [6.07, 6.45) is 0.577. The van der Waals surface area contributed by atoms with Crippen LogP contribution in [0.4, 0.5) is 17.1 Å². The molecule has 0 aliphatic rings. The van der Waals surface area contributed by atoms with Gasteiger partial charge in [-0.2, -0.15) is 5.26 Å². The Balaban J connectivity index is 2.04. The molecule has 0 heterocycles. The zero-order valence-corrected chi connectivity index (χ0v) is 13.0. The van der Waals surface area contributed by atoms with Crippen molar-refractivity contribution < 1.29 is 8.42 Å². The van der Waals surface area contributed by atoms with Crippen molar-refractivity contribution in [1.29, 1.82) is 5.26 Å². The number of benzene rings is 2. The number of anilines is 3. The Morgan fingerprint density at radius 3 is 1.95 bits per heavy atom. The van der Waals surface area contributed by atoms with Crippen molar-refractivity contribution in [2.45, 2.75) is 13.3 Å². The average Bonchev–Trinajstić information content (AvgIpc) is 2.49. The molecule has 5 nitrogen and oxygen atoms in total. The van der Waals surface area contributed by atoms with Crippen molar-refractivity contribution in [2.24, 2.45) is 0 Å². The number of nitriles is 1. The monoisotopic (exact) mass is 315 g/mol. The predicted octanol–water partition coefficient (Wildman–Crippen LogP) is 3.45. The minimum Gasteiger partial charge on any atom is -0.356 e. The topological polar surface area (TPSA) is 82.0 Å². The van der Waals surface area contributed by atoms with E-state index in [0.29, 0.717) is 17.7 Å². The van der Waals surface area contributed by atoms with Gasteiger partial charge in [-0.1, -0.05) is 6.92 Å². The van der Waals surface area contributed by atoms with Crippen molar-refractivity contribution in [3.63, 3.8) is 0 Å². The highest BCUT2D eigenvalue weighted by Gasteiger charge is 2.08. The Kier molecular flexibility index (Phi) is 5.02. The summed E-state index contributed by atoms with van der Waals surface area (Å²) in [5, 5.41) is 11.9. The zero-order valence-electron chi connectivity index (χ0n) is 12.2. The first kappa shape index (κ1) is 15.9. The van der Waals surface area contributed by atoms with Gasteiger partial charge in [-0.05, 0) is 55.0 Å². The molecule has 2 rings (SSSR count). The van der Waals surface area contributed by atoms with Crippen LogP contribution in [0.2, 0.25) is 0 Å². The lowest BCUT2D eigenvalue weighted by Gasteiger charge is -2.09. The first-order valence-corrected chi connectivity index (χ1v) is 8.55. The fraction of sp³-hybridized carbons (Fsp3) is 0.188. The summed E-state index contributed by atoms with van der Waals surface area (Å²) in [6, 6.07) is 16.2. The van der Waals surface area contributed by atoms with E-state index in [2.05, 4.69) is 16.1 Å². The van der Waals surface area contributed by atoms with Crippen LogP contribution in [0.25, 0.3) is 0 Å². The van der Waals surface area contributed by atoms with Gasteiger partial charge in [0.05, 0.1) is 17.4 Å². The van der Waals surface area contributed by atoms with Gasteiger partial charge in [0.2, 0.25) is 10.0 Å². The van der Waals surface area contributed by atoms with Gasteiger partial charge in [-0.25, -0.2) is 8.42 Å². The van der Waals surface area contributed by atoms with Crippen molar-refractivity contribution in [1.82, 2.24) is 0 Å². The summed E-state index contributed by atoms with van der Waals surface area (Å²) in [6.45, 7) is 1.82. The molecule has 0 bridgehead atoms. The molecule has 0 fully saturated rings. The number of hydrogen-bond donors (Lipinski definition) is 2. The van der Waals surface area contributed by atoms with E-state index in [-0.39, 0.29) is 5.75 Å². The Hall–Kier alpha value is -2.52. The standard InChI is InChI=1S/C16H17N3O2S/c1-2-11-22(20,21)19-16-9-7-15(8-10-16)18-14-5-3-13(12-17)4-6-14/h3-10,18-19H,2,11H2,1H3. The molecule has 2 aromatic carbocycles. The first-order valence-electron chi connectivity index (χ1n) is 6.90. The summed E-state index contributed by atoms with van der Waals surface area (Å²) in [5.41, 5.74) is 2.84. The van der Waals surface area contributed by atoms with Gasteiger partial charge in [0.15, 0.2) is 0 Å². The molecule has 0 aliphatic carbocycles. The molecule has 0 radical (unpaired) electrons. The van der Waals surface area contributed by atoms with E-state index in [1.165, 1.54) is 0 Å². The third-order valence-corrected chi connectivity index (χ3v) is 4.43. The van der Waals surface area contributed by atoms with Crippen molar-refractivity contribution in [2.75, 3.05) is 15.8 Å². The molecule has 2 N–H and O–H groups in total. The molecule has 0 saturated carbocycles. The van der Waals surface area contributed by atoms with Crippen LogP contribution in [-0.2, 0) is 10.0 Å². The van der Waals surface area contributed by atoms with E-state index >= 15 is 0 Å². The highest BCUT2D eigenvalue weighted by atomic mass is 32.2. The second-order valence-electron chi connectivity index (χ2n) is 4.81. The zero-order chi connectivity index (χ0) is 16.0. The van der Waals surface area contributed by atoms with E-state index in [0.717, 1.165) is 11.4 Å². The van der Waals surface area contributed by atoms with Crippen LogP contribution in [-0.4, -0.2) is 14.2 Å². The SMILES string of the molecule is CCCS(=O)(=O)Nc1ccc(Nc2ccc(C#N)cc2)cc1. The highest BCUT2D eigenvalue weighted by Crippen LogP contribution is 2.20. The number of nitrogens with zero attached hydrogens (tertiary/aromatic N) is 1. The van der Waals surface area contributed by atoms with Crippen molar-refractivity contribution in [3.05, 3.63) is 54.1 Å². The highest BCUT2D eigenvalue weighted by molar-refractivity contribution is 7.92. The van der Waals surface area contributed by atoms with Crippen LogP contribution in [0.15, 0.2) is 48.5 Å². The smallest absolute Gasteiger partial charge is 0.232 e. The molecular weight excluding hydrogens is 298 g/mol. The Bertz CT molecular complexity index is 761. The first-order chi connectivity index (χ1) is 10.5. The summed E-state index contributed by atoms with van der Waals surface area (Å²) in [5.74, 6) is 0.109. The second kappa shape index (κ2) is 6.96. The lowest BCUT2D eigenvalue weighted by molar-refractivity contribution is 0.600. The van der Waals surface area contributed by atoms with Gasteiger partial charge < -0.3 is 5.32 Å². The van der Waals surface area contributed by atoms with E-state index in [1.54, 1.807) is 36.4 Å². The van der Waals surface area contributed by atoms with E-state index in [1.807, 2.05) is 19.1 Å². The molecule has 0 unspecified atom stereocenters. The molecule has 0 amide bonds. The van der Waals surface area contributed by atoms with Crippen LogP contribution in [0.1, 0.15) is 18.9 Å². The van der Waals surface area contributed by atoms with E-state index in [4.69, 9.17) is 5.26 Å². The third kappa shape index (κ3) is 4.50.